The first kappa shape index (κ1) is 18.8. The maximum absolute atomic E-state index is 13.1. The van der Waals surface area contributed by atoms with Crippen molar-refractivity contribution in [3.8, 4) is 22.9 Å². The van der Waals surface area contributed by atoms with Crippen LogP contribution in [0.15, 0.2) is 65.6 Å². The molecule has 2 heterocycles. The third-order valence-electron chi connectivity index (χ3n) is 4.44. The monoisotopic (exact) mass is 408 g/mol. The molecule has 0 bridgehead atoms. The summed E-state index contributed by atoms with van der Waals surface area (Å²) in [6.07, 6.45) is 1.58. The number of phenols is 1. The van der Waals surface area contributed by atoms with E-state index in [2.05, 4.69) is 15.4 Å². The zero-order chi connectivity index (χ0) is 20.4. The Kier molecular flexibility index (Phi) is 5.05. The summed E-state index contributed by atoms with van der Waals surface area (Å²) in [5.41, 5.74) is 4.72. The van der Waals surface area contributed by atoms with E-state index >= 15 is 0 Å². The van der Waals surface area contributed by atoms with Gasteiger partial charge in [0, 0.05) is 16.8 Å². The van der Waals surface area contributed by atoms with E-state index in [1.807, 2.05) is 12.1 Å². The Hall–Kier alpha value is -3.58. The number of benzene rings is 2. The van der Waals surface area contributed by atoms with Gasteiger partial charge in [-0.2, -0.15) is 0 Å². The van der Waals surface area contributed by atoms with Gasteiger partial charge in [0.25, 0.3) is 5.56 Å². The number of ether oxygens (including phenoxy) is 1. The number of fused-ring (bicyclic) bond motifs is 1. The molecule has 0 saturated heterocycles. The second-order valence-corrected chi connectivity index (χ2v) is 6.73. The Bertz CT molecular complexity index is 1240. The van der Waals surface area contributed by atoms with E-state index in [1.54, 1.807) is 42.6 Å². The van der Waals surface area contributed by atoms with Crippen molar-refractivity contribution in [1.29, 1.82) is 0 Å². The van der Waals surface area contributed by atoms with Crippen LogP contribution in [0.25, 0.3) is 22.4 Å². The minimum absolute atomic E-state index is 0.00168. The number of aromatic nitrogens is 3. The van der Waals surface area contributed by atoms with Crippen molar-refractivity contribution in [3.05, 3.63) is 81.7 Å². The molecule has 0 amide bonds. The van der Waals surface area contributed by atoms with Crippen molar-refractivity contribution in [3.63, 3.8) is 0 Å². The molecular weight excluding hydrogens is 392 g/mol. The van der Waals surface area contributed by atoms with Crippen LogP contribution < -0.4 is 15.7 Å². The van der Waals surface area contributed by atoms with Crippen LogP contribution in [-0.4, -0.2) is 26.9 Å². The average molecular weight is 409 g/mol. The molecule has 4 aromatic rings. The molecule has 0 aliphatic carbocycles. The third kappa shape index (κ3) is 3.72. The van der Waals surface area contributed by atoms with Gasteiger partial charge in [-0.25, -0.2) is 14.6 Å². The Balaban J connectivity index is 1.84. The van der Waals surface area contributed by atoms with Crippen LogP contribution in [0.1, 0.15) is 5.56 Å². The van der Waals surface area contributed by atoms with Crippen LogP contribution >= 0.6 is 11.6 Å². The number of pyridine rings is 1. The summed E-state index contributed by atoms with van der Waals surface area (Å²) in [6.45, 7) is 0.382. The predicted molar refractivity (Wildman–Crippen MR) is 112 cm³/mol. The molecule has 2 aromatic carbocycles. The molecule has 8 heteroatoms. The summed E-state index contributed by atoms with van der Waals surface area (Å²) in [5, 5.41) is 10.9. The number of phenolic OH excluding ortho intramolecular Hbond substituents is 1. The van der Waals surface area contributed by atoms with Crippen molar-refractivity contribution in [1.82, 2.24) is 14.6 Å². The summed E-state index contributed by atoms with van der Waals surface area (Å²) < 4.78 is 6.57. The summed E-state index contributed by atoms with van der Waals surface area (Å²) >= 11 is 5.94. The van der Waals surface area contributed by atoms with E-state index in [0.29, 0.717) is 34.0 Å². The molecule has 0 unspecified atom stereocenters. The molecular formula is C21H17ClN4O3. The smallest absolute Gasteiger partial charge is 0.281 e. The number of hydrogen-bond acceptors (Lipinski definition) is 6. The van der Waals surface area contributed by atoms with Gasteiger partial charge in [0.2, 0.25) is 0 Å². The Labute approximate surface area is 171 Å². The van der Waals surface area contributed by atoms with Gasteiger partial charge in [0.1, 0.15) is 0 Å². The summed E-state index contributed by atoms with van der Waals surface area (Å²) in [7, 11) is 1.46. The van der Waals surface area contributed by atoms with Crippen molar-refractivity contribution < 1.29 is 9.84 Å². The van der Waals surface area contributed by atoms with E-state index in [4.69, 9.17) is 16.3 Å². The second kappa shape index (κ2) is 7.81. The molecule has 0 saturated carbocycles. The normalized spacial score (nSPS) is 10.8. The van der Waals surface area contributed by atoms with E-state index in [-0.39, 0.29) is 17.1 Å². The van der Waals surface area contributed by atoms with Crippen LogP contribution in [0.4, 0.5) is 0 Å². The molecule has 0 aliphatic rings. The molecule has 7 nitrogen and oxygen atoms in total. The van der Waals surface area contributed by atoms with Gasteiger partial charge < -0.3 is 15.3 Å². The summed E-state index contributed by atoms with van der Waals surface area (Å²) in [6, 6.07) is 15.5. The van der Waals surface area contributed by atoms with Gasteiger partial charge in [0.05, 0.1) is 19.0 Å². The van der Waals surface area contributed by atoms with Crippen molar-refractivity contribution in [2.75, 3.05) is 12.5 Å². The minimum Gasteiger partial charge on any atom is -0.504 e. The lowest BCUT2D eigenvalue weighted by molar-refractivity contribution is 0.373. The molecule has 0 fully saturated rings. The minimum atomic E-state index is -0.279. The van der Waals surface area contributed by atoms with Gasteiger partial charge in [-0.1, -0.05) is 23.7 Å². The number of methoxy groups -OCH3 is 1. The number of halogens is 1. The van der Waals surface area contributed by atoms with Crippen LogP contribution in [0, 0.1) is 0 Å². The zero-order valence-corrected chi connectivity index (χ0v) is 16.2. The highest BCUT2D eigenvalue weighted by molar-refractivity contribution is 6.30. The van der Waals surface area contributed by atoms with E-state index < -0.39 is 0 Å². The Morgan fingerprint density at radius 3 is 2.72 bits per heavy atom. The quantitative estimate of drug-likeness (QED) is 0.524. The third-order valence-corrected chi connectivity index (χ3v) is 4.69. The van der Waals surface area contributed by atoms with E-state index in [0.717, 1.165) is 5.56 Å². The number of nitrogens with one attached hydrogen (secondary N) is 1. The fraction of sp³-hybridized carbons (Fsp3) is 0.0952. The van der Waals surface area contributed by atoms with Crippen molar-refractivity contribution in [2.45, 2.75) is 6.54 Å². The lowest BCUT2D eigenvalue weighted by atomic mass is 10.2. The fourth-order valence-corrected chi connectivity index (χ4v) is 3.08. The number of nitrogens with zero attached hydrogens (tertiary/aromatic N) is 3. The average Bonchev–Trinajstić information content (AvgIpc) is 2.74. The number of rotatable bonds is 5. The molecule has 0 atom stereocenters. The van der Waals surface area contributed by atoms with E-state index in [9.17, 15) is 9.90 Å². The Morgan fingerprint density at radius 2 is 1.97 bits per heavy atom. The van der Waals surface area contributed by atoms with Gasteiger partial charge in [-0.3, -0.25) is 4.79 Å². The van der Waals surface area contributed by atoms with Gasteiger partial charge in [-0.05, 0) is 48.0 Å². The van der Waals surface area contributed by atoms with Gasteiger partial charge in [-0.15, -0.1) is 0 Å². The van der Waals surface area contributed by atoms with Crippen LogP contribution in [0.2, 0.25) is 5.02 Å². The first-order valence-corrected chi connectivity index (χ1v) is 9.18. The topological polar surface area (TPSA) is 89.3 Å². The van der Waals surface area contributed by atoms with E-state index in [1.165, 1.54) is 17.9 Å². The van der Waals surface area contributed by atoms with Crippen molar-refractivity contribution >= 4 is 22.6 Å². The SMILES string of the molecule is COc1cc(-c2nc3ncccc3c(=O)n2NCc2ccc(Cl)cc2)ccc1O. The highest BCUT2D eigenvalue weighted by Gasteiger charge is 2.15. The molecule has 0 spiro atoms. The molecule has 29 heavy (non-hydrogen) atoms. The zero-order valence-electron chi connectivity index (χ0n) is 15.5. The van der Waals surface area contributed by atoms with Crippen LogP contribution in [0.3, 0.4) is 0 Å². The molecule has 2 aromatic heterocycles. The molecule has 2 N–H and O–H groups in total. The predicted octanol–water partition coefficient (Wildman–Crippen LogP) is 3.57. The maximum atomic E-state index is 13.1. The molecule has 146 valence electrons. The number of aromatic hydroxyl groups is 1. The molecule has 4 rings (SSSR count). The number of hydrogen-bond donors (Lipinski definition) is 2. The first-order chi connectivity index (χ1) is 14.1. The largest absolute Gasteiger partial charge is 0.504 e. The maximum Gasteiger partial charge on any atom is 0.281 e. The standard InChI is InChI=1S/C21H17ClN4O3/c1-29-18-11-14(6-9-17(18)27)20-25-19-16(3-2-10-23-19)21(28)26(20)24-12-13-4-7-15(22)8-5-13/h2-11,24,27H,12H2,1H3. The highest BCUT2D eigenvalue weighted by Crippen LogP contribution is 2.30. The van der Waals surface area contributed by atoms with Crippen molar-refractivity contribution in [2.24, 2.45) is 0 Å². The second-order valence-electron chi connectivity index (χ2n) is 6.30. The van der Waals surface area contributed by atoms with Gasteiger partial charge >= 0.3 is 0 Å². The lowest BCUT2D eigenvalue weighted by Crippen LogP contribution is -2.31. The van der Waals surface area contributed by atoms with Gasteiger partial charge in [0.15, 0.2) is 23.0 Å². The molecule has 0 radical (unpaired) electrons. The van der Waals surface area contributed by atoms with Crippen LogP contribution in [0.5, 0.6) is 11.5 Å². The van der Waals surface area contributed by atoms with Crippen LogP contribution in [-0.2, 0) is 6.54 Å². The summed E-state index contributed by atoms with van der Waals surface area (Å²) in [5.74, 6) is 0.633. The Morgan fingerprint density at radius 1 is 1.17 bits per heavy atom. The molecule has 0 aliphatic heterocycles. The summed E-state index contributed by atoms with van der Waals surface area (Å²) in [4.78, 5) is 21.9. The highest BCUT2D eigenvalue weighted by atomic mass is 35.5. The first-order valence-electron chi connectivity index (χ1n) is 8.80. The lowest BCUT2D eigenvalue weighted by Gasteiger charge is -2.16. The fourth-order valence-electron chi connectivity index (χ4n) is 2.95.